The Hall–Kier alpha value is -2.82. The predicted molar refractivity (Wildman–Crippen MR) is 129 cm³/mol. The van der Waals surface area contributed by atoms with Gasteiger partial charge in [-0.25, -0.2) is 0 Å². The van der Waals surface area contributed by atoms with E-state index in [1.165, 1.54) is 16.7 Å². The van der Waals surface area contributed by atoms with Crippen molar-refractivity contribution in [2.75, 3.05) is 39.2 Å². The second-order valence-electron chi connectivity index (χ2n) is 8.05. The molecule has 0 fully saturated rings. The minimum atomic E-state index is 0.493. The Morgan fingerprint density at radius 3 is 2.26 bits per heavy atom. The Morgan fingerprint density at radius 2 is 1.58 bits per heavy atom. The van der Waals surface area contributed by atoms with E-state index in [0.717, 1.165) is 37.7 Å². The van der Waals surface area contributed by atoms with Gasteiger partial charge in [-0.2, -0.15) is 0 Å². The molecule has 0 aliphatic rings. The molecular formula is C27H34N2O2. The average molecular weight is 419 g/mol. The van der Waals surface area contributed by atoms with E-state index >= 15 is 0 Å². The number of hydrogen-bond donors (Lipinski definition) is 1. The van der Waals surface area contributed by atoms with Crippen LogP contribution < -0.4 is 10.1 Å². The zero-order valence-corrected chi connectivity index (χ0v) is 18.9. The van der Waals surface area contributed by atoms with E-state index in [4.69, 9.17) is 9.47 Å². The summed E-state index contributed by atoms with van der Waals surface area (Å²) in [5.41, 5.74) is 4.90. The molecule has 164 valence electrons. The molecule has 1 N–H and O–H groups in total. The average Bonchev–Trinajstić information content (AvgIpc) is 2.81. The minimum absolute atomic E-state index is 0.493. The van der Waals surface area contributed by atoms with Crippen molar-refractivity contribution in [3.8, 4) is 5.75 Å². The molecule has 0 aliphatic heterocycles. The fraction of sp³-hybridized carbons (Fsp3) is 0.333. The molecule has 1 atom stereocenters. The summed E-state index contributed by atoms with van der Waals surface area (Å²) in [5, 5.41) is 3.49. The molecule has 1 unspecified atom stereocenters. The lowest BCUT2D eigenvalue weighted by Crippen LogP contribution is -2.27. The van der Waals surface area contributed by atoms with Crippen LogP contribution in [0.25, 0.3) is 0 Å². The molecule has 0 saturated heterocycles. The van der Waals surface area contributed by atoms with Crippen LogP contribution >= 0.6 is 0 Å². The Morgan fingerprint density at radius 1 is 0.871 bits per heavy atom. The van der Waals surface area contributed by atoms with Gasteiger partial charge in [-0.1, -0.05) is 61.5 Å². The van der Waals surface area contributed by atoms with Crippen LogP contribution in [-0.4, -0.2) is 38.8 Å². The molecule has 0 saturated carbocycles. The van der Waals surface area contributed by atoms with Crippen LogP contribution in [0.4, 0.5) is 5.69 Å². The first kappa shape index (κ1) is 22.9. The third kappa shape index (κ3) is 7.74. The third-order valence-electron chi connectivity index (χ3n) is 5.41. The normalized spacial score (nSPS) is 12.0. The minimum Gasteiger partial charge on any atom is -0.489 e. The van der Waals surface area contributed by atoms with Crippen molar-refractivity contribution in [1.82, 2.24) is 4.90 Å². The van der Waals surface area contributed by atoms with Crippen molar-refractivity contribution in [2.45, 2.75) is 26.0 Å². The molecular weight excluding hydrogens is 384 g/mol. The molecule has 0 spiro atoms. The number of nitrogens with one attached hydrogen (secondary N) is 1. The molecule has 0 amide bonds. The van der Waals surface area contributed by atoms with Crippen LogP contribution in [0.3, 0.4) is 0 Å². The van der Waals surface area contributed by atoms with E-state index in [-0.39, 0.29) is 0 Å². The Labute approximate surface area is 186 Å². The molecule has 3 aromatic carbocycles. The maximum atomic E-state index is 5.86. The van der Waals surface area contributed by atoms with Gasteiger partial charge in [0.25, 0.3) is 0 Å². The van der Waals surface area contributed by atoms with Crippen LogP contribution in [0.15, 0.2) is 78.9 Å². The summed E-state index contributed by atoms with van der Waals surface area (Å²) in [5.74, 6) is 1.37. The van der Waals surface area contributed by atoms with Gasteiger partial charge in [0.2, 0.25) is 0 Å². The van der Waals surface area contributed by atoms with Gasteiger partial charge in [-0.05, 0) is 53.9 Å². The van der Waals surface area contributed by atoms with E-state index in [9.17, 15) is 0 Å². The topological polar surface area (TPSA) is 33.7 Å². The van der Waals surface area contributed by atoms with Crippen LogP contribution in [0.5, 0.6) is 5.75 Å². The van der Waals surface area contributed by atoms with Crippen LogP contribution in [0.1, 0.15) is 29.5 Å². The van der Waals surface area contributed by atoms with Crippen LogP contribution in [-0.2, 0) is 17.9 Å². The molecule has 0 heterocycles. The summed E-state index contributed by atoms with van der Waals surface area (Å²) in [4.78, 5) is 2.32. The lowest BCUT2D eigenvalue weighted by atomic mass is 9.99. The Balaban J connectivity index is 1.44. The summed E-state index contributed by atoms with van der Waals surface area (Å²) in [6.45, 7) is 6.41. The highest BCUT2D eigenvalue weighted by molar-refractivity contribution is 5.47. The first-order valence-corrected chi connectivity index (χ1v) is 10.9. The van der Waals surface area contributed by atoms with E-state index < -0.39 is 0 Å². The fourth-order valence-corrected chi connectivity index (χ4v) is 3.49. The summed E-state index contributed by atoms with van der Waals surface area (Å²) >= 11 is 0. The number of hydrogen-bond acceptors (Lipinski definition) is 4. The van der Waals surface area contributed by atoms with Gasteiger partial charge in [0.15, 0.2) is 0 Å². The Bertz CT molecular complexity index is 879. The molecule has 0 aromatic heterocycles. The summed E-state index contributed by atoms with van der Waals surface area (Å²) < 4.78 is 11.0. The third-order valence-corrected chi connectivity index (χ3v) is 5.41. The van der Waals surface area contributed by atoms with Crippen LogP contribution in [0.2, 0.25) is 0 Å². The smallest absolute Gasteiger partial charge is 0.119 e. The van der Waals surface area contributed by atoms with E-state index in [2.05, 4.69) is 72.7 Å². The molecule has 31 heavy (non-hydrogen) atoms. The predicted octanol–water partition coefficient (Wildman–Crippen LogP) is 5.56. The fourth-order valence-electron chi connectivity index (χ4n) is 3.49. The lowest BCUT2D eigenvalue weighted by Gasteiger charge is -2.21. The van der Waals surface area contributed by atoms with Gasteiger partial charge in [-0.15, -0.1) is 0 Å². The highest BCUT2D eigenvalue weighted by Gasteiger charge is 2.09. The largest absolute Gasteiger partial charge is 0.489 e. The SMILES string of the molecule is COCCN(C)CC(C)c1ccc(CNc2ccc(OCc3ccccc3)cc2)cc1. The highest BCUT2D eigenvalue weighted by atomic mass is 16.5. The molecule has 0 radical (unpaired) electrons. The summed E-state index contributed by atoms with van der Waals surface area (Å²) in [6, 6.07) is 27.3. The first-order chi connectivity index (χ1) is 15.1. The first-order valence-electron chi connectivity index (χ1n) is 10.9. The van der Waals surface area contributed by atoms with E-state index in [1.54, 1.807) is 7.11 Å². The monoisotopic (exact) mass is 418 g/mol. The summed E-state index contributed by atoms with van der Waals surface area (Å²) in [7, 11) is 3.89. The highest BCUT2D eigenvalue weighted by Crippen LogP contribution is 2.20. The van der Waals surface area contributed by atoms with Crippen molar-refractivity contribution >= 4 is 5.69 Å². The molecule has 4 nitrogen and oxygen atoms in total. The summed E-state index contributed by atoms with van der Waals surface area (Å²) in [6.07, 6.45) is 0. The maximum Gasteiger partial charge on any atom is 0.119 e. The molecule has 3 aromatic rings. The number of anilines is 1. The number of ether oxygens (including phenoxy) is 2. The Kier molecular flexibility index (Phi) is 8.95. The second kappa shape index (κ2) is 12.1. The van der Waals surface area contributed by atoms with Crippen molar-refractivity contribution in [1.29, 1.82) is 0 Å². The number of rotatable bonds is 12. The van der Waals surface area contributed by atoms with Gasteiger partial charge in [0.1, 0.15) is 12.4 Å². The van der Waals surface area contributed by atoms with Gasteiger partial charge < -0.3 is 19.7 Å². The zero-order valence-electron chi connectivity index (χ0n) is 18.9. The van der Waals surface area contributed by atoms with Crippen molar-refractivity contribution in [2.24, 2.45) is 0 Å². The van der Waals surface area contributed by atoms with Gasteiger partial charge >= 0.3 is 0 Å². The number of nitrogens with zero attached hydrogens (tertiary/aromatic N) is 1. The maximum absolute atomic E-state index is 5.86. The zero-order chi connectivity index (χ0) is 21.9. The molecule has 0 aliphatic carbocycles. The van der Waals surface area contributed by atoms with Gasteiger partial charge in [0, 0.05) is 32.4 Å². The number of likely N-dealkylation sites (N-methyl/N-ethyl adjacent to an activating group) is 1. The molecule has 3 rings (SSSR count). The standard InChI is InChI=1S/C27H34N2O2/c1-22(20-29(2)17-18-30-3)25-11-9-23(10-12-25)19-28-26-13-15-27(16-14-26)31-21-24-7-5-4-6-8-24/h4-16,22,28H,17-21H2,1-3H3. The van der Waals surface area contributed by atoms with Gasteiger partial charge in [0.05, 0.1) is 6.61 Å². The van der Waals surface area contributed by atoms with E-state index in [1.807, 2.05) is 30.3 Å². The number of methoxy groups -OCH3 is 1. The van der Waals surface area contributed by atoms with Crippen molar-refractivity contribution in [3.63, 3.8) is 0 Å². The molecule has 0 bridgehead atoms. The van der Waals surface area contributed by atoms with Crippen molar-refractivity contribution < 1.29 is 9.47 Å². The van der Waals surface area contributed by atoms with Gasteiger partial charge in [-0.3, -0.25) is 0 Å². The van der Waals surface area contributed by atoms with Crippen LogP contribution in [0, 0.1) is 0 Å². The quantitative estimate of drug-likeness (QED) is 0.418. The molecule has 4 heteroatoms. The second-order valence-corrected chi connectivity index (χ2v) is 8.05. The van der Waals surface area contributed by atoms with E-state index in [0.29, 0.717) is 12.5 Å². The van der Waals surface area contributed by atoms with Crippen molar-refractivity contribution in [3.05, 3.63) is 95.6 Å². The lowest BCUT2D eigenvalue weighted by molar-refractivity contribution is 0.159. The number of benzene rings is 3.